The number of benzene rings is 1. The molecule has 1 unspecified atom stereocenters. The van der Waals surface area contributed by atoms with E-state index in [1.165, 1.54) is 43.2 Å². The summed E-state index contributed by atoms with van der Waals surface area (Å²) >= 11 is 0. The molecule has 0 heterocycles. The lowest BCUT2D eigenvalue weighted by Gasteiger charge is -2.32. The van der Waals surface area contributed by atoms with E-state index in [4.69, 9.17) is 0 Å². The van der Waals surface area contributed by atoms with Crippen LogP contribution in [0.25, 0.3) is 0 Å². The van der Waals surface area contributed by atoms with Crippen LogP contribution in [-0.4, -0.2) is 5.11 Å². The molecule has 0 amide bonds. The number of aryl methyl sites for hydroxylation is 1. The fourth-order valence-electron chi connectivity index (χ4n) is 3.31. The standard InChI is InChI=1S/C17H26O/c1-3-13-9-11-15(12-10-13)17(18)16-8-6-5-7-14(16)4-2/h5-8,13,15,17-18H,3-4,9-12H2,1-2H3. The maximum atomic E-state index is 10.6. The fourth-order valence-corrected chi connectivity index (χ4v) is 3.31. The number of rotatable bonds is 4. The summed E-state index contributed by atoms with van der Waals surface area (Å²) in [5.74, 6) is 1.37. The van der Waals surface area contributed by atoms with E-state index in [-0.39, 0.29) is 6.10 Å². The molecule has 1 saturated carbocycles. The first-order valence-corrected chi connectivity index (χ1v) is 7.52. The molecule has 0 aliphatic heterocycles. The highest BCUT2D eigenvalue weighted by Gasteiger charge is 2.27. The second-order valence-electron chi connectivity index (χ2n) is 5.69. The normalized spacial score (nSPS) is 25.9. The van der Waals surface area contributed by atoms with Gasteiger partial charge < -0.3 is 5.11 Å². The molecule has 1 heteroatoms. The van der Waals surface area contributed by atoms with Crippen molar-refractivity contribution in [2.75, 3.05) is 0 Å². The van der Waals surface area contributed by atoms with E-state index in [9.17, 15) is 5.11 Å². The molecule has 1 atom stereocenters. The molecule has 1 aliphatic carbocycles. The van der Waals surface area contributed by atoms with Gasteiger partial charge in [0.15, 0.2) is 0 Å². The van der Waals surface area contributed by atoms with E-state index in [1.807, 2.05) is 0 Å². The monoisotopic (exact) mass is 246 g/mol. The summed E-state index contributed by atoms with van der Waals surface area (Å²) in [6.07, 6.45) is 7.04. The molecule has 1 N–H and O–H groups in total. The van der Waals surface area contributed by atoms with Crippen molar-refractivity contribution in [3.8, 4) is 0 Å². The lowest BCUT2D eigenvalue weighted by molar-refractivity contribution is 0.0723. The van der Waals surface area contributed by atoms with Crippen molar-refractivity contribution in [3.63, 3.8) is 0 Å². The molecule has 2 rings (SSSR count). The lowest BCUT2D eigenvalue weighted by atomic mass is 9.76. The maximum absolute atomic E-state index is 10.6. The van der Waals surface area contributed by atoms with Crippen molar-refractivity contribution in [2.45, 2.75) is 58.5 Å². The van der Waals surface area contributed by atoms with Gasteiger partial charge in [-0.25, -0.2) is 0 Å². The third-order valence-electron chi connectivity index (χ3n) is 4.67. The average Bonchev–Trinajstić information content (AvgIpc) is 2.46. The zero-order valence-electron chi connectivity index (χ0n) is 11.7. The molecule has 1 fully saturated rings. The van der Waals surface area contributed by atoms with Crippen molar-refractivity contribution in [3.05, 3.63) is 35.4 Å². The summed E-state index contributed by atoms with van der Waals surface area (Å²) in [6.45, 7) is 4.45. The average molecular weight is 246 g/mol. The summed E-state index contributed by atoms with van der Waals surface area (Å²) in [4.78, 5) is 0. The first kappa shape index (κ1) is 13.6. The van der Waals surface area contributed by atoms with Gasteiger partial charge in [-0.15, -0.1) is 0 Å². The molecule has 0 bridgehead atoms. The third kappa shape index (κ3) is 2.95. The van der Waals surface area contributed by atoms with Crippen molar-refractivity contribution in [1.82, 2.24) is 0 Å². The Labute approximate surface area is 111 Å². The molecule has 0 radical (unpaired) electrons. The number of hydrogen-bond donors (Lipinski definition) is 1. The predicted octanol–water partition coefficient (Wildman–Crippen LogP) is 4.50. The Hall–Kier alpha value is -0.820. The Balaban J connectivity index is 2.05. The van der Waals surface area contributed by atoms with Crippen molar-refractivity contribution < 1.29 is 5.11 Å². The Morgan fingerprint density at radius 3 is 2.39 bits per heavy atom. The van der Waals surface area contributed by atoms with Gasteiger partial charge in [-0.1, -0.05) is 57.4 Å². The van der Waals surface area contributed by atoms with Gasteiger partial charge in [-0.3, -0.25) is 0 Å². The highest BCUT2D eigenvalue weighted by Crippen LogP contribution is 2.38. The Morgan fingerprint density at radius 1 is 1.11 bits per heavy atom. The Morgan fingerprint density at radius 2 is 1.78 bits per heavy atom. The second kappa shape index (κ2) is 6.38. The quantitative estimate of drug-likeness (QED) is 0.829. The topological polar surface area (TPSA) is 20.2 Å². The fraction of sp³-hybridized carbons (Fsp3) is 0.647. The predicted molar refractivity (Wildman–Crippen MR) is 76.5 cm³/mol. The Bertz CT molecular complexity index is 364. The maximum Gasteiger partial charge on any atom is 0.0820 e. The summed E-state index contributed by atoms with van der Waals surface area (Å²) in [6, 6.07) is 8.38. The van der Waals surface area contributed by atoms with Gasteiger partial charge in [-0.05, 0) is 42.2 Å². The van der Waals surface area contributed by atoms with Crippen LogP contribution in [0.1, 0.15) is 63.2 Å². The minimum Gasteiger partial charge on any atom is -0.388 e. The SMILES string of the molecule is CCc1ccccc1C(O)C1CCC(CC)CC1. The molecule has 18 heavy (non-hydrogen) atoms. The van der Waals surface area contributed by atoms with Crippen LogP contribution in [-0.2, 0) is 6.42 Å². The summed E-state index contributed by atoms with van der Waals surface area (Å²) in [7, 11) is 0. The van der Waals surface area contributed by atoms with E-state index in [2.05, 4.69) is 38.1 Å². The van der Waals surface area contributed by atoms with E-state index < -0.39 is 0 Å². The van der Waals surface area contributed by atoms with Crippen LogP contribution in [0.15, 0.2) is 24.3 Å². The zero-order valence-corrected chi connectivity index (χ0v) is 11.7. The number of aliphatic hydroxyl groups is 1. The second-order valence-corrected chi connectivity index (χ2v) is 5.69. The van der Waals surface area contributed by atoms with Gasteiger partial charge >= 0.3 is 0 Å². The molecule has 1 aromatic carbocycles. The van der Waals surface area contributed by atoms with Crippen molar-refractivity contribution in [1.29, 1.82) is 0 Å². The van der Waals surface area contributed by atoms with E-state index in [0.717, 1.165) is 12.3 Å². The number of aliphatic hydroxyl groups excluding tert-OH is 1. The van der Waals surface area contributed by atoms with Crippen LogP contribution in [0.2, 0.25) is 0 Å². The molecule has 1 nitrogen and oxygen atoms in total. The molecular formula is C17H26O. The van der Waals surface area contributed by atoms with Gasteiger partial charge in [0.25, 0.3) is 0 Å². The first-order chi connectivity index (χ1) is 8.76. The van der Waals surface area contributed by atoms with Crippen molar-refractivity contribution >= 4 is 0 Å². The van der Waals surface area contributed by atoms with Crippen LogP contribution in [0.4, 0.5) is 0 Å². The van der Waals surface area contributed by atoms with Gasteiger partial charge in [-0.2, -0.15) is 0 Å². The van der Waals surface area contributed by atoms with Crippen LogP contribution < -0.4 is 0 Å². The smallest absolute Gasteiger partial charge is 0.0820 e. The van der Waals surface area contributed by atoms with Gasteiger partial charge in [0.2, 0.25) is 0 Å². The first-order valence-electron chi connectivity index (χ1n) is 7.52. The molecule has 0 saturated heterocycles. The van der Waals surface area contributed by atoms with Crippen LogP contribution >= 0.6 is 0 Å². The molecular weight excluding hydrogens is 220 g/mol. The van der Waals surface area contributed by atoms with Crippen LogP contribution in [0.5, 0.6) is 0 Å². The third-order valence-corrected chi connectivity index (χ3v) is 4.67. The molecule has 0 aromatic heterocycles. The minimum atomic E-state index is -0.251. The Kier molecular flexibility index (Phi) is 4.82. The highest BCUT2D eigenvalue weighted by atomic mass is 16.3. The minimum absolute atomic E-state index is 0.251. The lowest BCUT2D eigenvalue weighted by Crippen LogP contribution is -2.21. The zero-order chi connectivity index (χ0) is 13.0. The molecule has 100 valence electrons. The molecule has 1 aromatic rings. The van der Waals surface area contributed by atoms with E-state index in [0.29, 0.717) is 5.92 Å². The molecule has 0 spiro atoms. The number of hydrogen-bond acceptors (Lipinski definition) is 1. The van der Waals surface area contributed by atoms with E-state index in [1.54, 1.807) is 0 Å². The summed E-state index contributed by atoms with van der Waals surface area (Å²) < 4.78 is 0. The van der Waals surface area contributed by atoms with Gasteiger partial charge in [0.1, 0.15) is 0 Å². The van der Waals surface area contributed by atoms with Crippen LogP contribution in [0, 0.1) is 11.8 Å². The summed E-state index contributed by atoms with van der Waals surface area (Å²) in [5.41, 5.74) is 2.47. The largest absolute Gasteiger partial charge is 0.388 e. The summed E-state index contributed by atoms with van der Waals surface area (Å²) in [5, 5.41) is 10.6. The van der Waals surface area contributed by atoms with Gasteiger partial charge in [0, 0.05) is 0 Å². The van der Waals surface area contributed by atoms with E-state index >= 15 is 0 Å². The highest BCUT2D eigenvalue weighted by molar-refractivity contribution is 5.29. The van der Waals surface area contributed by atoms with Crippen molar-refractivity contribution in [2.24, 2.45) is 11.8 Å². The van der Waals surface area contributed by atoms with Gasteiger partial charge in [0.05, 0.1) is 6.10 Å². The van der Waals surface area contributed by atoms with Crippen LogP contribution in [0.3, 0.4) is 0 Å². The molecule has 1 aliphatic rings.